The molecule has 7 heteroatoms. The summed E-state index contributed by atoms with van der Waals surface area (Å²) in [5, 5.41) is 0.422. The topological polar surface area (TPSA) is 37.4 Å². The van der Waals surface area contributed by atoms with Gasteiger partial charge >= 0.3 is 0 Å². The van der Waals surface area contributed by atoms with E-state index < -0.39 is 10.0 Å². The van der Waals surface area contributed by atoms with Crippen molar-refractivity contribution in [1.29, 1.82) is 0 Å². The van der Waals surface area contributed by atoms with E-state index in [1.54, 1.807) is 0 Å². The van der Waals surface area contributed by atoms with Crippen molar-refractivity contribution in [3.05, 3.63) is 50.3 Å². The maximum atomic E-state index is 12.7. The smallest absolute Gasteiger partial charge is 0.206 e. The van der Waals surface area contributed by atoms with Gasteiger partial charge in [-0.15, -0.1) is 11.3 Å². The first-order chi connectivity index (χ1) is 9.86. The number of halogens is 2. The quantitative estimate of drug-likeness (QED) is 0.720. The summed E-state index contributed by atoms with van der Waals surface area (Å²) < 4.78 is 27.8. The van der Waals surface area contributed by atoms with E-state index in [-0.39, 0.29) is 4.21 Å². The SMILES string of the molecule is CCN(Cc1ccccc1C)S(=O)(=O)c1cc(Cl)c(Br)s1. The third-order valence-corrected chi connectivity index (χ3v) is 8.02. The van der Waals surface area contributed by atoms with Crippen LogP contribution in [0.2, 0.25) is 5.02 Å². The second-order valence-corrected chi connectivity index (χ2v) is 9.49. The molecule has 2 aromatic rings. The molecule has 0 saturated carbocycles. The number of hydrogen-bond acceptors (Lipinski definition) is 3. The number of nitrogens with zero attached hydrogens (tertiary/aromatic N) is 1. The minimum absolute atomic E-state index is 0.259. The molecule has 0 amide bonds. The molecule has 1 aromatic heterocycles. The van der Waals surface area contributed by atoms with Gasteiger partial charge in [-0.2, -0.15) is 4.31 Å². The van der Waals surface area contributed by atoms with Crippen molar-refractivity contribution >= 4 is 48.9 Å². The highest BCUT2D eigenvalue weighted by Crippen LogP contribution is 2.36. The molecule has 0 aliphatic rings. The fraction of sp³-hybridized carbons (Fsp3) is 0.286. The Labute approximate surface area is 142 Å². The number of hydrogen-bond donors (Lipinski definition) is 0. The van der Waals surface area contributed by atoms with Gasteiger partial charge in [0.05, 0.1) is 8.81 Å². The highest BCUT2D eigenvalue weighted by Gasteiger charge is 2.26. The van der Waals surface area contributed by atoms with Gasteiger partial charge in [0, 0.05) is 13.1 Å². The molecule has 0 bridgehead atoms. The standard InChI is InChI=1S/C14H15BrClNO2S2/c1-3-17(9-11-7-5-4-6-10(11)2)21(18,19)13-8-12(16)14(15)20-13/h4-8H,3,9H2,1-2H3. The average molecular weight is 409 g/mol. The van der Waals surface area contributed by atoms with Crippen LogP contribution in [0.4, 0.5) is 0 Å². The van der Waals surface area contributed by atoms with Crippen LogP contribution < -0.4 is 0 Å². The molecular formula is C14H15BrClNO2S2. The van der Waals surface area contributed by atoms with E-state index in [1.807, 2.05) is 38.1 Å². The number of rotatable bonds is 5. The molecule has 0 fully saturated rings. The number of benzene rings is 1. The third-order valence-electron chi connectivity index (χ3n) is 3.18. The van der Waals surface area contributed by atoms with Crippen LogP contribution in [0, 0.1) is 6.92 Å². The summed E-state index contributed by atoms with van der Waals surface area (Å²) in [6, 6.07) is 9.28. The van der Waals surface area contributed by atoms with E-state index in [9.17, 15) is 8.42 Å². The Bertz CT molecular complexity index is 724. The summed E-state index contributed by atoms with van der Waals surface area (Å²) in [5.74, 6) is 0. The Morgan fingerprint density at radius 1 is 1.33 bits per heavy atom. The zero-order valence-electron chi connectivity index (χ0n) is 11.6. The predicted molar refractivity (Wildman–Crippen MR) is 91.5 cm³/mol. The molecule has 0 atom stereocenters. The molecule has 0 spiro atoms. The molecule has 0 saturated heterocycles. The fourth-order valence-corrected chi connectivity index (χ4v) is 5.91. The van der Waals surface area contributed by atoms with Crippen molar-refractivity contribution in [2.24, 2.45) is 0 Å². The lowest BCUT2D eigenvalue weighted by atomic mass is 10.1. The summed E-state index contributed by atoms with van der Waals surface area (Å²) in [6.07, 6.45) is 0. The molecule has 114 valence electrons. The third kappa shape index (κ3) is 3.68. The van der Waals surface area contributed by atoms with Crippen molar-refractivity contribution in [2.75, 3.05) is 6.54 Å². The minimum atomic E-state index is -3.53. The molecule has 3 nitrogen and oxygen atoms in total. The first-order valence-electron chi connectivity index (χ1n) is 6.35. The van der Waals surface area contributed by atoms with Gasteiger partial charge in [0.1, 0.15) is 4.21 Å². The lowest BCUT2D eigenvalue weighted by Crippen LogP contribution is -2.30. The Hall–Kier alpha value is -0.400. The van der Waals surface area contributed by atoms with Crippen LogP contribution >= 0.6 is 38.9 Å². The van der Waals surface area contributed by atoms with Gasteiger partial charge in [-0.1, -0.05) is 42.8 Å². The molecule has 1 heterocycles. The van der Waals surface area contributed by atoms with Crippen molar-refractivity contribution in [3.8, 4) is 0 Å². The molecular weight excluding hydrogens is 394 g/mol. The summed E-state index contributed by atoms with van der Waals surface area (Å²) in [6.45, 7) is 4.58. The molecule has 0 aliphatic carbocycles. The van der Waals surface area contributed by atoms with Crippen molar-refractivity contribution in [3.63, 3.8) is 0 Å². The van der Waals surface area contributed by atoms with Gasteiger partial charge in [-0.05, 0) is 40.0 Å². The molecule has 21 heavy (non-hydrogen) atoms. The summed E-state index contributed by atoms with van der Waals surface area (Å²) in [4.78, 5) is 0. The lowest BCUT2D eigenvalue weighted by Gasteiger charge is -2.20. The highest BCUT2D eigenvalue weighted by atomic mass is 79.9. The van der Waals surface area contributed by atoms with E-state index in [0.29, 0.717) is 21.9 Å². The van der Waals surface area contributed by atoms with Crippen LogP contribution in [-0.2, 0) is 16.6 Å². The van der Waals surface area contributed by atoms with Gasteiger partial charge in [0.2, 0.25) is 0 Å². The number of sulfonamides is 1. The van der Waals surface area contributed by atoms with Gasteiger partial charge in [0.25, 0.3) is 10.0 Å². The minimum Gasteiger partial charge on any atom is -0.206 e. The Balaban J connectivity index is 2.34. The van der Waals surface area contributed by atoms with Gasteiger partial charge in [0.15, 0.2) is 0 Å². The molecule has 2 rings (SSSR count). The first-order valence-corrected chi connectivity index (χ1v) is 9.78. The zero-order valence-corrected chi connectivity index (χ0v) is 15.6. The number of thiophene rings is 1. The van der Waals surface area contributed by atoms with Crippen molar-refractivity contribution in [1.82, 2.24) is 4.31 Å². The van der Waals surface area contributed by atoms with Crippen LogP contribution in [-0.4, -0.2) is 19.3 Å². The summed E-state index contributed by atoms with van der Waals surface area (Å²) >= 11 is 10.3. The van der Waals surface area contributed by atoms with Gasteiger partial charge < -0.3 is 0 Å². The molecule has 0 N–H and O–H groups in total. The van der Waals surface area contributed by atoms with E-state index in [4.69, 9.17) is 11.6 Å². The van der Waals surface area contributed by atoms with Crippen LogP contribution in [0.3, 0.4) is 0 Å². The molecule has 0 radical (unpaired) electrons. The summed E-state index contributed by atoms with van der Waals surface area (Å²) in [7, 11) is -3.53. The van der Waals surface area contributed by atoms with Crippen molar-refractivity contribution in [2.45, 2.75) is 24.6 Å². The van der Waals surface area contributed by atoms with E-state index in [2.05, 4.69) is 15.9 Å². The van der Waals surface area contributed by atoms with Gasteiger partial charge in [-0.25, -0.2) is 8.42 Å². The monoisotopic (exact) mass is 407 g/mol. The zero-order chi connectivity index (χ0) is 15.6. The molecule has 0 unspecified atom stereocenters. The maximum Gasteiger partial charge on any atom is 0.252 e. The molecule has 0 aliphatic heterocycles. The Morgan fingerprint density at radius 3 is 2.52 bits per heavy atom. The average Bonchev–Trinajstić information content (AvgIpc) is 2.78. The lowest BCUT2D eigenvalue weighted by molar-refractivity contribution is 0.424. The maximum absolute atomic E-state index is 12.7. The van der Waals surface area contributed by atoms with Crippen LogP contribution in [0.25, 0.3) is 0 Å². The summed E-state index contributed by atoms with van der Waals surface area (Å²) in [5.41, 5.74) is 2.08. The molecule has 1 aromatic carbocycles. The second-order valence-electron chi connectivity index (χ2n) is 4.54. The van der Waals surface area contributed by atoms with Crippen LogP contribution in [0.5, 0.6) is 0 Å². The first kappa shape index (κ1) is 17.0. The fourth-order valence-electron chi connectivity index (χ4n) is 1.93. The Kier molecular flexibility index (Phi) is 5.48. The normalized spacial score (nSPS) is 12.0. The second kappa shape index (κ2) is 6.79. The largest absolute Gasteiger partial charge is 0.252 e. The van der Waals surface area contributed by atoms with Crippen LogP contribution in [0.15, 0.2) is 38.3 Å². The van der Waals surface area contributed by atoms with Gasteiger partial charge in [-0.3, -0.25) is 0 Å². The van der Waals surface area contributed by atoms with Crippen molar-refractivity contribution < 1.29 is 8.42 Å². The van der Waals surface area contributed by atoms with E-state index in [0.717, 1.165) is 22.5 Å². The Morgan fingerprint density at radius 2 is 2.00 bits per heavy atom. The predicted octanol–water partition coefficient (Wildman–Crippen LogP) is 4.68. The van der Waals surface area contributed by atoms with E-state index in [1.165, 1.54) is 10.4 Å². The van der Waals surface area contributed by atoms with Crippen LogP contribution in [0.1, 0.15) is 18.1 Å². The highest BCUT2D eigenvalue weighted by molar-refractivity contribution is 9.11. The number of aryl methyl sites for hydroxylation is 1. The van der Waals surface area contributed by atoms with E-state index >= 15 is 0 Å².